The van der Waals surface area contributed by atoms with Crippen molar-refractivity contribution in [3.63, 3.8) is 0 Å². The van der Waals surface area contributed by atoms with E-state index in [1.807, 2.05) is 13.8 Å². The first-order valence-electron chi connectivity index (χ1n) is 3.89. The number of Topliss-reactive ketones (excluding diaryl/α,β-unsaturated/α-hetero) is 1. The maximum Gasteiger partial charge on any atom is 0.246 e. The molecule has 0 aromatic rings. The Balaban J connectivity index is 3.38. The molecule has 0 fully saturated rings. The molecule has 1 N–H and O–H groups in total. The van der Waals surface area contributed by atoms with Gasteiger partial charge in [0.15, 0.2) is 5.78 Å². The number of carbonyl (C=O) groups is 2. The normalized spacial score (nSPS) is 10.0. The van der Waals surface area contributed by atoms with E-state index >= 15 is 0 Å². The Morgan fingerprint density at radius 3 is 2.33 bits per heavy atom. The van der Waals surface area contributed by atoms with Crippen molar-refractivity contribution in [3.05, 3.63) is 0 Å². The summed E-state index contributed by atoms with van der Waals surface area (Å²) in [6.45, 7) is 5.11. The van der Waals surface area contributed by atoms with Crippen LogP contribution in [0.25, 0.3) is 0 Å². The van der Waals surface area contributed by atoms with Gasteiger partial charge < -0.3 is 10.1 Å². The molecule has 70 valence electrons. The van der Waals surface area contributed by atoms with Crippen LogP contribution in [0.1, 0.15) is 20.8 Å². The van der Waals surface area contributed by atoms with Crippen LogP contribution >= 0.6 is 0 Å². The van der Waals surface area contributed by atoms with Gasteiger partial charge in [-0.1, -0.05) is 0 Å². The van der Waals surface area contributed by atoms with Crippen molar-refractivity contribution in [3.8, 4) is 0 Å². The van der Waals surface area contributed by atoms with E-state index in [1.54, 1.807) is 0 Å². The highest BCUT2D eigenvalue weighted by molar-refractivity contribution is 5.79. The predicted molar refractivity (Wildman–Crippen MR) is 44.8 cm³/mol. The Morgan fingerprint density at radius 1 is 1.33 bits per heavy atom. The zero-order valence-electron chi connectivity index (χ0n) is 7.72. The minimum absolute atomic E-state index is 0.00547. The van der Waals surface area contributed by atoms with Crippen molar-refractivity contribution in [2.45, 2.75) is 26.8 Å². The van der Waals surface area contributed by atoms with Crippen LogP contribution in [-0.2, 0) is 14.3 Å². The smallest absolute Gasteiger partial charge is 0.246 e. The highest BCUT2D eigenvalue weighted by atomic mass is 16.5. The second kappa shape index (κ2) is 5.71. The second-order valence-electron chi connectivity index (χ2n) is 2.92. The largest absolute Gasteiger partial charge is 0.364 e. The van der Waals surface area contributed by atoms with E-state index < -0.39 is 0 Å². The van der Waals surface area contributed by atoms with Crippen molar-refractivity contribution < 1.29 is 14.3 Å². The molecule has 0 aromatic heterocycles. The minimum atomic E-state index is -0.189. The monoisotopic (exact) mass is 173 g/mol. The van der Waals surface area contributed by atoms with Gasteiger partial charge in [0.25, 0.3) is 0 Å². The number of hydrogen-bond acceptors (Lipinski definition) is 3. The first-order chi connectivity index (χ1) is 5.52. The fraction of sp³-hybridized carbons (Fsp3) is 0.750. The number of carbonyl (C=O) groups excluding carboxylic acids is 2. The highest BCUT2D eigenvalue weighted by Crippen LogP contribution is 1.80. The van der Waals surface area contributed by atoms with Crippen LogP contribution in [0, 0.1) is 0 Å². The summed E-state index contributed by atoms with van der Waals surface area (Å²) < 4.78 is 4.80. The van der Waals surface area contributed by atoms with E-state index in [9.17, 15) is 9.59 Å². The average molecular weight is 173 g/mol. The first kappa shape index (κ1) is 11.1. The molecule has 0 saturated carbocycles. The van der Waals surface area contributed by atoms with E-state index in [2.05, 4.69) is 5.32 Å². The quantitative estimate of drug-likeness (QED) is 0.642. The second-order valence-corrected chi connectivity index (χ2v) is 2.92. The van der Waals surface area contributed by atoms with Crippen LogP contribution in [0.2, 0.25) is 0 Å². The lowest BCUT2D eigenvalue weighted by molar-refractivity contribution is -0.129. The number of ketones is 1. The highest BCUT2D eigenvalue weighted by Gasteiger charge is 2.03. The minimum Gasteiger partial charge on any atom is -0.364 e. The molecule has 4 heteroatoms. The van der Waals surface area contributed by atoms with E-state index in [4.69, 9.17) is 4.74 Å². The molecule has 1 amide bonds. The van der Waals surface area contributed by atoms with Crippen LogP contribution < -0.4 is 5.32 Å². The molecule has 0 aliphatic carbocycles. The van der Waals surface area contributed by atoms with Crippen molar-refractivity contribution in [2.24, 2.45) is 0 Å². The van der Waals surface area contributed by atoms with E-state index in [0.29, 0.717) is 0 Å². The zero-order valence-corrected chi connectivity index (χ0v) is 7.72. The van der Waals surface area contributed by atoms with Gasteiger partial charge in [0, 0.05) is 6.04 Å². The van der Waals surface area contributed by atoms with Gasteiger partial charge in [-0.15, -0.1) is 0 Å². The predicted octanol–water partition coefficient (Wildman–Crippen LogP) is 0.117. The van der Waals surface area contributed by atoms with Crippen molar-refractivity contribution in [1.82, 2.24) is 5.32 Å². The summed E-state index contributed by atoms with van der Waals surface area (Å²) in [5.41, 5.74) is 0. The lowest BCUT2D eigenvalue weighted by Gasteiger charge is -2.07. The fourth-order valence-electron chi connectivity index (χ4n) is 0.651. The van der Waals surface area contributed by atoms with Gasteiger partial charge >= 0.3 is 0 Å². The summed E-state index contributed by atoms with van der Waals surface area (Å²) >= 11 is 0. The Kier molecular flexibility index (Phi) is 5.28. The molecule has 12 heavy (non-hydrogen) atoms. The van der Waals surface area contributed by atoms with Gasteiger partial charge in [-0.05, 0) is 20.8 Å². The van der Waals surface area contributed by atoms with Gasteiger partial charge in [0.2, 0.25) is 5.91 Å². The summed E-state index contributed by atoms with van der Waals surface area (Å²) in [6, 6.07) is 0.110. The molecule has 0 radical (unpaired) electrons. The van der Waals surface area contributed by atoms with Crippen molar-refractivity contribution in [2.75, 3.05) is 13.2 Å². The zero-order chi connectivity index (χ0) is 9.56. The van der Waals surface area contributed by atoms with Crippen LogP contribution in [0.15, 0.2) is 0 Å². The van der Waals surface area contributed by atoms with Gasteiger partial charge in [0.05, 0.1) is 0 Å². The van der Waals surface area contributed by atoms with Gasteiger partial charge in [-0.25, -0.2) is 0 Å². The Labute approximate surface area is 72.3 Å². The third kappa shape index (κ3) is 7.21. The molecule has 0 unspecified atom stereocenters. The van der Waals surface area contributed by atoms with Crippen LogP contribution in [-0.4, -0.2) is 30.9 Å². The summed E-state index contributed by atoms with van der Waals surface area (Å²) in [4.78, 5) is 21.3. The van der Waals surface area contributed by atoms with Gasteiger partial charge in [-0.2, -0.15) is 0 Å². The SMILES string of the molecule is CC(=O)COCC(=O)NC(C)C. The van der Waals surface area contributed by atoms with Crippen molar-refractivity contribution in [1.29, 1.82) is 0 Å². The lowest BCUT2D eigenvalue weighted by Crippen LogP contribution is -2.33. The molecule has 0 atom stereocenters. The Morgan fingerprint density at radius 2 is 1.92 bits per heavy atom. The van der Waals surface area contributed by atoms with E-state index in [1.165, 1.54) is 6.92 Å². The molecule has 0 aromatic carbocycles. The number of ether oxygens (including phenoxy) is 1. The number of amides is 1. The third-order valence-corrected chi connectivity index (χ3v) is 0.988. The molecule has 0 rings (SSSR count). The summed E-state index contributed by atoms with van der Waals surface area (Å²) in [7, 11) is 0. The van der Waals surface area contributed by atoms with Gasteiger partial charge in [-0.3, -0.25) is 9.59 Å². The summed E-state index contributed by atoms with van der Waals surface area (Å²) in [5.74, 6) is -0.265. The van der Waals surface area contributed by atoms with Crippen LogP contribution in [0.5, 0.6) is 0 Å². The molecule has 0 bridgehead atoms. The first-order valence-corrected chi connectivity index (χ1v) is 3.89. The van der Waals surface area contributed by atoms with E-state index in [-0.39, 0.29) is 30.9 Å². The maximum atomic E-state index is 10.9. The molecule has 0 aliphatic rings. The summed E-state index contributed by atoms with van der Waals surface area (Å²) in [5, 5.41) is 2.64. The molecule has 0 heterocycles. The molecular weight excluding hydrogens is 158 g/mol. The van der Waals surface area contributed by atoms with Gasteiger partial charge in [0.1, 0.15) is 13.2 Å². The molecule has 0 spiro atoms. The number of hydrogen-bond donors (Lipinski definition) is 1. The molecule has 0 saturated heterocycles. The Hall–Kier alpha value is -0.900. The van der Waals surface area contributed by atoms with Crippen molar-refractivity contribution >= 4 is 11.7 Å². The van der Waals surface area contributed by atoms with Crippen LogP contribution in [0.3, 0.4) is 0 Å². The molecular formula is C8H15NO3. The standard InChI is InChI=1S/C8H15NO3/c1-6(2)9-8(11)5-12-4-7(3)10/h6H,4-5H2,1-3H3,(H,9,11). The van der Waals surface area contributed by atoms with E-state index in [0.717, 1.165) is 0 Å². The summed E-state index contributed by atoms with van der Waals surface area (Å²) in [6.07, 6.45) is 0. The fourth-order valence-corrected chi connectivity index (χ4v) is 0.651. The average Bonchev–Trinajstić information content (AvgIpc) is 1.84. The van der Waals surface area contributed by atoms with Crippen LogP contribution in [0.4, 0.5) is 0 Å². The third-order valence-electron chi connectivity index (χ3n) is 0.988. The molecule has 0 aliphatic heterocycles. The maximum absolute atomic E-state index is 10.9. The number of nitrogens with one attached hydrogen (secondary N) is 1. The topological polar surface area (TPSA) is 55.4 Å². The number of rotatable bonds is 5. The lowest BCUT2D eigenvalue weighted by atomic mass is 10.4. The molecule has 4 nitrogen and oxygen atoms in total. The Bertz CT molecular complexity index is 166.